The monoisotopic (exact) mass is 383 g/mol. The molecule has 0 aliphatic carbocycles. The summed E-state index contributed by atoms with van der Waals surface area (Å²) in [6.45, 7) is 0. The molecular formula is C19H12F3N5O. The van der Waals surface area contributed by atoms with Crippen LogP contribution in [0.3, 0.4) is 0 Å². The van der Waals surface area contributed by atoms with Gasteiger partial charge in [-0.1, -0.05) is 24.3 Å². The van der Waals surface area contributed by atoms with Crippen LogP contribution in [0.25, 0.3) is 5.69 Å². The van der Waals surface area contributed by atoms with E-state index in [1.807, 2.05) is 6.07 Å². The summed E-state index contributed by atoms with van der Waals surface area (Å²) in [5, 5.41) is 13.3. The van der Waals surface area contributed by atoms with Crippen molar-refractivity contribution in [2.75, 3.05) is 0 Å². The van der Waals surface area contributed by atoms with Gasteiger partial charge in [0.05, 0.1) is 17.2 Å². The van der Waals surface area contributed by atoms with E-state index in [9.17, 15) is 18.4 Å². The third-order valence-electron chi connectivity index (χ3n) is 4.33. The number of nitrogens with zero attached hydrogens (tertiary/aromatic N) is 4. The Labute approximate surface area is 157 Å². The maximum absolute atomic E-state index is 13.8. The fourth-order valence-electron chi connectivity index (χ4n) is 3.17. The van der Waals surface area contributed by atoms with Crippen molar-refractivity contribution in [1.82, 2.24) is 14.8 Å². The minimum absolute atomic E-state index is 0.126. The molecule has 3 aromatic rings. The quantitative estimate of drug-likeness (QED) is 0.732. The van der Waals surface area contributed by atoms with E-state index in [0.29, 0.717) is 11.3 Å². The molecule has 2 N–H and O–H groups in total. The normalized spacial score (nSPS) is 16.3. The van der Waals surface area contributed by atoms with Gasteiger partial charge in [-0.05, 0) is 23.8 Å². The molecule has 3 heterocycles. The number of allylic oxidation sites excluding steroid dienone is 1. The molecule has 0 fully saturated rings. The molecule has 1 aromatic carbocycles. The van der Waals surface area contributed by atoms with E-state index in [4.69, 9.17) is 10.5 Å². The summed E-state index contributed by atoms with van der Waals surface area (Å²) in [7, 11) is 0. The standard InChI is InChI=1S/C19H12F3N5O/c20-19(21,22)16-15-14(11-5-4-8-25-10-11)13(9-23)17(24)28-18(15)27(26-16)12-6-2-1-3-7-12/h1-8,10,14H,24H2. The van der Waals surface area contributed by atoms with Gasteiger partial charge in [0.1, 0.15) is 11.6 Å². The number of benzene rings is 1. The lowest BCUT2D eigenvalue weighted by Gasteiger charge is -2.25. The Morgan fingerprint density at radius 3 is 2.50 bits per heavy atom. The fourth-order valence-corrected chi connectivity index (χ4v) is 3.17. The first kappa shape index (κ1) is 17.6. The zero-order valence-electron chi connectivity index (χ0n) is 14.2. The minimum atomic E-state index is -4.76. The maximum atomic E-state index is 13.8. The number of halogens is 3. The van der Waals surface area contributed by atoms with Crippen molar-refractivity contribution in [2.24, 2.45) is 5.73 Å². The molecule has 6 nitrogen and oxygen atoms in total. The number of alkyl halides is 3. The summed E-state index contributed by atoms with van der Waals surface area (Å²) < 4.78 is 48.0. The summed E-state index contributed by atoms with van der Waals surface area (Å²) in [4.78, 5) is 3.96. The van der Waals surface area contributed by atoms with Crippen molar-refractivity contribution in [3.8, 4) is 17.6 Å². The molecule has 4 rings (SSSR count). The Bertz CT molecular complexity index is 1100. The Morgan fingerprint density at radius 1 is 1.14 bits per heavy atom. The molecule has 2 aromatic heterocycles. The maximum Gasteiger partial charge on any atom is 0.435 e. The second-order valence-electron chi connectivity index (χ2n) is 6.02. The number of fused-ring (bicyclic) bond motifs is 1. The van der Waals surface area contributed by atoms with Crippen LogP contribution >= 0.6 is 0 Å². The van der Waals surface area contributed by atoms with Gasteiger partial charge in [-0.25, -0.2) is 0 Å². The van der Waals surface area contributed by atoms with E-state index in [2.05, 4.69) is 10.1 Å². The molecule has 140 valence electrons. The van der Waals surface area contributed by atoms with Gasteiger partial charge in [0, 0.05) is 12.4 Å². The molecule has 28 heavy (non-hydrogen) atoms. The van der Waals surface area contributed by atoms with Crippen LogP contribution in [-0.2, 0) is 6.18 Å². The highest BCUT2D eigenvalue weighted by Crippen LogP contribution is 2.48. The van der Waals surface area contributed by atoms with Crippen molar-refractivity contribution in [1.29, 1.82) is 5.26 Å². The molecule has 0 radical (unpaired) electrons. The van der Waals surface area contributed by atoms with Crippen LogP contribution in [0.5, 0.6) is 5.88 Å². The summed E-state index contributed by atoms with van der Waals surface area (Å²) in [6, 6.07) is 13.3. The van der Waals surface area contributed by atoms with Crippen LogP contribution in [0.15, 0.2) is 66.3 Å². The van der Waals surface area contributed by atoms with Crippen molar-refractivity contribution >= 4 is 0 Å². The van der Waals surface area contributed by atoms with E-state index in [1.54, 1.807) is 42.5 Å². The first-order valence-corrected chi connectivity index (χ1v) is 8.15. The van der Waals surface area contributed by atoms with Gasteiger partial charge >= 0.3 is 6.18 Å². The molecule has 1 aliphatic heterocycles. The van der Waals surface area contributed by atoms with Gasteiger partial charge < -0.3 is 10.5 Å². The Kier molecular flexibility index (Phi) is 4.04. The molecule has 0 spiro atoms. The number of aromatic nitrogens is 3. The number of pyridine rings is 1. The van der Waals surface area contributed by atoms with Gasteiger partial charge in [-0.3, -0.25) is 4.98 Å². The van der Waals surface area contributed by atoms with Crippen LogP contribution in [-0.4, -0.2) is 14.8 Å². The zero-order chi connectivity index (χ0) is 19.9. The fraction of sp³-hybridized carbons (Fsp3) is 0.105. The number of ether oxygens (including phenoxy) is 1. The average molecular weight is 383 g/mol. The van der Waals surface area contributed by atoms with Gasteiger partial charge in [0.25, 0.3) is 0 Å². The molecule has 1 unspecified atom stereocenters. The first-order chi connectivity index (χ1) is 13.4. The Morgan fingerprint density at radius 2 is 1.89 bits per heavy atom. The Hall–Kier alpha value is -3.80. The predicted molar refractivity (Wildman–Crippen MR) is 92.1 cm³/mol. The lowest BCUT2D eigenvalue weighted by Crippen LogP contribution is -2.23. The molecule has 0 saturated carbocycles. The second kappa shape index (κ2) is 6.42. The molecule has 0 saturated heterocycles. The number of hydrogen-bond acceptors (Lipinski definition) is 5. The highest BCUT2D eigenvalue weighted by atomic mass is 19.4. The molecule has 0 amide bonds. The minimum Gasteiger partial charge on any atom is -0.422 e. The van der Waals surface area contributed by atoms with Crippen LogP contribution in [0.1, 0.15) is 22.7 Å². The van der Waals surface area contributed by atoms with E-state index in [-0.39, 0.29) is 22.9 Å². The molecule has 0 bridgehead atoms. The van der Waals surface area contributed by atoms with E-state index in [1.165, 1.54) is 12.4 Å². The van der Waals surface area contributed by atoms with Gasteiger partial charge in [-0.15, -0.1) is 0 Å². The summed E-state index contributed by atoms with van der Waals surface area (Å²) >= 11 is 0. The Balaban J connectivity index is 2.05. The third kappa shape index (κ3) is 2.75. The first-order valence-electron chi connectivity index (χ1n) is 8.15. The summed E-state index contributed by atoms with van der Waals surface area (Å²) in [6.07, 6.45) is -1.88. The lowest BCUT2D eigenvalue weighted by atomic mass is 9.84. The number of hydrogen-bond donors (Lipinski definition) is 1. The highest BCUT2D eigenvalue weighted by molar-refractivity contribution is 5.57. The van der Waals surface area contributed by atoms with Gasteiger partial charge in [-0.2, -0.15) is 28.2 Å². The third-order valence-corrected chi connectivity index (χ3v) is 4.33. The lowest BCUT2D eigenvalue weighted by molar-refractivity contribution is -0.142. The zero-order valence-corrected chi connectivity index (χ0v) is 14.2. The average Bonchev–Trinajstić information content (AvgIpc) is 3.07. The number of nitrogens with two attached hydrogens (primary N) is 1. The molecular weight excluding hydrogens is 371 g/mol. The van der Waals surface area contributed by atoms with Crippen LogP contribution in [0, 0.1) is 11.3 Å². The van der Waals surface area contributed by atoms with E-state index >= 15 is 0 Å². The number of nitriles is 1. The summed E-state index contributed by atoms with van der Waals surface area (Å²) in [5.41, 5.74) is 5.10. The SMILES string of the molecule is N#CC1=C(N)Oc2c(c(C(F)(F)F)nn2-c2ccccc2)C1c1cccnc1. The van der Waals surface area contributed by atoms with Gasteiger partial charge in [0.2, 0.25) is 11.8 Å². The molecule has 9 heteroatoms. The molecule has 1 atom stereocenters. The topological polar surface area (TPSA) is 89.8 Å². The van der Waals surface area contributed by atoms with Crippen molar-refractivity contribution < 1.29 is 17.9 Å². The summed E-state index contributed by atoms with van der Waals surface area (Å²) in [5.74, 6) is -1.55. The smallest absolute Gasteiger partial charge is 0.422 e. The van der Waals surface area contributed by atoms with Gasteiger partial charge in [0.15, 0.2) is 5.69 Å². The van der Waals surface area contributed by atoms with Crippen LogP contribution in [0.4, 0.5) is 13.2 Å². The largest absolute Gasteiger partial charge is 0.435 e. The van der Waals surface area contributed by atoms with Crippen LogP contribution < -0.4 is 10.5 Å². The number of para-hydroxylation sites is 1. The van der Waals surface area contributed by atoms with Crippen molar-refractivity contribution in [3.05, 3.63) is 83.1 Å². The van der Waals surface area contributed by atoms with Crippen molar-refractivity contribution in [3.63, 3.8) is 0 Å². The predicted octanol–water partition coefficient (Wildman–Crippen LogP) is 3.50. The van der Waals surface area contributed by atoms with E-state index < -0.39 is 17.8 Å². The highest BCUT2D eigenvalue weighted by Gasteiger charge is 2.46. The number of rotatable bonds is 2. The van der Waals surface area contributed by atoms with Crippen LogP contribution in [0.2, 0.25) is 0 Å². The molecule has 1 aliphatic rings. The van der Waals surface area contributed by atoms with E-state index in [0.717, 1.165) is 4.68 Å². The van der Waals surface area contributed by atoms with Crippen molar-refractivity contribution in [2.45, 2.75) is 12.1 Å². The second-order valence-corrected chi connectivity index (χ2v) is 6.02.